The minimum atomic E-state index is 0.200. The van der Waals surface area contributed by atoms with Crippen molar-refractivity contribution in [3.63, 3.8) is 0 Å². The second kappa shape index (κ2) is 5.64. The third kappa shape index (κ3) is 2.95. The summed E-state index contributed by atoms with van der Waals surface area (Å²) < 4.78 is 0. The predicted molar refractivity (Wildman–Crippen MR) is 64.3 cm³/mol. The Hall–Kier alpha value is -0.610. The van der Waals surface area contributed by atoms with Crippen LogP contribution in [0.4, 0.5) is 0 Å². The second-order valence-corrected chi connectivity index (χ2v) is 4.97. The van der Waals surface area contributed by atoms with Gasteiger partial charge in [-0.15, -0.1) is 0 Å². The zero-order chi connectivity index (χ0) is 11.4. The largest absolute Gasteiger partial charge is 0.353 e. The van der Waals surface area contributed by atoms with Crippen molar-refractivity contribution < 1.29 is 4.79 Å². The van der Waals surface area contributed by atoms with Crippen molar-refractivity contribution in [3.05, 3.63) is 0 Å². The first-order valence-corrected chi connectivity index (χ1v) is 6.47. The minimum Gasteiger partial charge on any atom is -0.353 e. The van der Waals surface area contributed by atoms with E-state index in [-0.39, 0.29) is 5.91 Å². The Balaban J connectivity index is 1.72. The molecule has 0 saturated carbocycles. The first-order chi connectivity index (χ1) is 7.79. The van der Waals surface area contributed by atoms with Crippen LogP contribution < -0.4 is 10.6 Å². The molecule has 2 atom stereocenters. The summed E-state index contributed by atoms with van der Waals surface area (Å²) in [5.74, 6) is 0.200. The van der Waals surface area contributed by atoms with Crippen molar-refractivity contribution in [1.29, 1.82) is 0 Å². The highest BCUT2D eigenvalue weighted by atomic mass is 16.1. The Morgan fingerprint density at radius 2 is 2.25 bits per heavy atom. The molecule has 2 heterocycles. The summed E-state index contributed by atoms with van der Waals surface area (Å²) >= 11 is 0. The first kappa shape index (κ1) is 11.9. The summed E-state index contributed by atoms with van der Waals surface area (Å²) in [5.41, 5.74) is 0. The molecular weight excluding hydrogens is 202 g/mol. The molecule has 0 spiro atoms. The zero-order valence-electron chi connectivity index (χ0n) is 10.2. The third-order valence-corrected chi connectivity index (χ3v) is 3.79. The van der Waals surface area contributed by atoms with Gasteiger partial charge in [0.15, 0.2) is 0 Å². The van der Waals surface area contributed by atoms with Crippen molar-refractivity contribution in [2.24, 2.45) is 0 Å². The summed E-state index contributed by atoms with van der Waals surface area (Å²) in [6.45, 7) is 3.21. The number of piperidine rings is 1. The molecule has 2 N–H and O–H groups in total. The van der Waals surface area contributed by atoms with Crippen LogP contribution in [0.15, 0.2) is 0 Å². The monoisotopic (exact) mass is 225 g/mol. The third-order valence-electron chi connectivity index (χ3n) is 3.79. The maximum absolute atomic E-state index is 11.6. The maximum Gasteiger partial charge on any atom is 0.221 e. The topological polar surface area (TPSA) is 44.4 Å². The molecule has 2 aliphatic heterocycles. The fourth-order valence-corrected chi connectivity index (χ4v) is 2.89. The lowest BCUT2D eigenvalue weighted by molar-refractivity contribution is -0.122. The Bertz CT molecular complexity index is 244. The summed E-state index contributed by atoms with van der Waals surface area (Å²) in [6, 6.07) is 1.16. The molecular formula is C12H23N3O. The number of amides is 1. The second-order valence-electron chi connectivity index (χ2n) is 4.97. The lowest BCUT2D eigenvalue weighted by atomic mass is 9.97. The van der Waals surface area contributed by atoms with E-state index in [1.54, 1.807) is 0 Å². The van der Waals surface area contributed by atoms with Gasteiger partial charge in [-0.1, -0.05) is 0 Å². The van der Waals surface area contributed by atoms with Crippen molar-refractivity contribution in [3.8, 4) is 0 Å². The molecule has 0 aromatic heterocycles. The van der Waals surface area contributed by atoms with E-state index >= 15 is 0 Å². The van der Waals surface area contributed by atoms with Gasteiger partial charge in [0.05, 0.1) is 0 Å². The Kier molecular flexibility index (Phi) is 4.18. The summed E-state index contributed by atoms with van der Waals surface area (Å²) in [4.78, 5) is 14.2. The van der Waals surface area contributed by atoms with Crippen LogP contribution in [0.25, 0.3) is 0 Å². The number of hydrogen-bond acceptors (Lipinski definition) is 3. The molecule has 0 aromatic carbocycles. The van der Waals surface area contributed by atoms with Gasteiger partial charge in [-0.05, 0) is 39.3 Å². The SMILES string of the molecule is CNCCC(=O)NC1CCN2CCCC2C1. The Morgan fingerprint density at radius 1 is 1.38 bits per heavy atom. The number of carbonyl (C=O) groups excluding carboxylic acids is 1. The molecule has 2 fully saturated rings. The number of carbonyl (C=O) groups is 1. The summed E-state index contributed by atoms with van der Waals surface area (Å²) in [7, 11) is 1.88. The van der Waals surface area contributed by atoms with Gasteiger partial charge >= 0.3 is 0 Å². The smallest absolute Gasteiger partial charge is 0.221 e. The van der Waals surface area contributed by atoms with E-state index in [0.717, 1.165) is 25.4 Å². The molecule has 16 heavy (non-hydrogen) atoms. The van der Waals surface area contributed by atoms with Gasteiger partial charge in [0.1, 0.15) is 0 Å². The molecule has 0 aliphatic carbocycles. The number of nitrogens with one attached hydrogen (secondary N) is 2. The van der Waals surface area contributed by atoms with Crippen molar-refractivity contribution >= 4 is 5.91 Å². The molecule has 2 aliphatic rings. The van der Waals surface area contributed by atoms with Gasteiger partial charge in [0.25, 0.3) is 0 Å². The van der Waals surface area contributed by atoms with Crippen LogP contribution in [0.1, 0.15) is 32.1 Å². The van der Waals surface area contributed by atoms with E-state index in [4.69, 9.17) is 0 Å². The zero-order valence-corrected chi connectivity index (χ0v) is 10.2. The van der Waals surface area contributed by atoms with Crippen LogP contribution in [0.2, 0.25) is 0 Å². The number of rotatable bonds is 4. The molecule has 0 aromatic rings. The fourth-order valence-electron chi connectivity index (χ4n) is 2.89. The van der Waals surface area contributed by atoms with Gasteiger partial charge in [-0.25, -0.2) is 0 Å². The van der Waals surface area contributed by atoms with Crippen molar-refractivity contribution in [2.75, 3.05) is 26.7 Å². The molecule has 2 unspecified atom stereocenters. The van der Waals surface area contributed by atoms with Crippen molar-refractivity contribution in [1.82, 2.24) is 15.5 Å². The lowest BCUT2D eigenvalue weighted by Gasteiger charge is -2.35. The predicted octanol–water partition coefficient (Wildman–Crippen LogP) is 0.339. The van der Waals surface area contributed by atoms with Gasteiger partial charge in [-0.2, -0.15) is 0 Å². The maximum atomic E-state index is 11.6. The van der Waals surface area contributed by atoms with Crippen molar-refractivity contribution in [2.45, 2.75) is 44.2 Å². The molecule has 1 amide bonds. The summed E-state index contributed by atoms with van der Waals surface area (Å²) in [6.07, 6.45) is 5.54. The number of nitrogens with zero attached hydrogens (tertiary/aromatic N) is 1. The van der Waals surface area contributed by atoms with Crippen LogP contribution in [-0.2, 0) is 4.79 Å². The standard InChI is InChI=1S/C12H23N3O/c1-13-6-4-12(16)14-10-5-8-15-7-2-3-11(15)9-10/h10-11,13H,2-9H2,1H3,(H,14,16). The quantitative estimate of drug-likeness (QED) is 0.725. The van der Waals surface area contributed by atoms with Crippen LogP contribution in [0, 0.1) is 0 Å². The van der Waals surface area contributed by atoms with E-state index in [9.17, 15) is 4.79 Å². The molecule has 0 radical (unpaired) electrons. The van der Waals surface area contributed by atoms with Gasteiger partial charge < -0.3 is 15.5 Å². The lowest BCUT2D eigenvalue weighted by Crippen LogP contribution is -2.47. The highest BCUT2D eigenvalue weighted by Gasteiger charge is 2.31. The highest BCUT2D eigenvalue weighted by molar-refractivity contribution is 5.76. The van der Waals surface area contributed by atoms with E-state index in [0.29, 0.717) is 12.5 Å². The van der Waals surface area contributed by atoms with E-state index < -0.39 is 0 Å². The average Bonchev–Trinajstić information content (AvgIpc) is 2.73. The normalized spacial score (nSPS) is 30.1. The molecule has 2 saturated heterocycles. The van der Waals surface area contributed by atoms with Crippen LogP contribution in [0.5, 0.6) is 0 Å². The Morgan fingerprint density at radius 3 is 3.06 bits per heavy atom. The van der Waals surface area contributed by atoms with E-state index in [1.807, 2.05) is 7.05 Å². The number of hydrogen-bond donors (Lipinski definition) is 2. The van der Waals surface area contributed by atoms with E-state index in [1.165, 1.54) is 25.9 Å². The molecule has 2 rings (SSSR count). The van der Waals surface area contributed by atoms with Crippen LogP contribution in [0.3, 0.4) is 0 Å². The van der Waals surface area contributed by atoms with Gasteiger partial charge in [0.2, 0.25) is 5.91 Å². The molecule has 4 heteroatoms. The van der Waals surface area contributed by atoms with E-state index in [2.05, 4.69) is 15.5 Å². The fraction of sp³-hybridized carbons (Fsp3) is 0.917. The molecule has 4 nitrogen and oxygen atoms in total. The minimum absolute atomic E-state index is 0.200. The average molecular weight is 225 g/mol. The molecule has 0 bridgehead atoms. The Labute approximate surface area is 97.8 Å². The first-order valence-electron chi connectivity index (χ1n) is 6.47. The van der Waals surface area contributed by atoms with Crippen LogP contribution in [-0.4, -0.2) is 49.6 Å². The highest BCUT2D eigenvalue weighted by Crippen LogP contribution is 2.26. The summed E-state index contributed by atoms with van der Waals surface area (Å²) in [5, 5.41) is 6.16. The van der Waals surface area contributed by atoms with Gasteiger partial charge in [0, 0.05) is 31.6 Å². The molecule has 92 valence electrons. The van der Waals surface area contributed by atoms with Gasteiger partial charge in [-0.3, -0.25) is 4.79 Å². The number of fused-ring (bicyclic) bond motifs is 1. The van der Waals surface area contributed by atoms with Crippen LogP contribution >= 0.6 is 0 Å².